The van der Waals surface area contributed by atoms with Gasteiger partial charge in [0, 0.05) is 28.6 Å². The van der Waals surface area contributed by atoms with Crippen molar-refractivity contribution in [1.82, 2.24) is 10.3 Å². The Bertz CT molecular complexity index is 630. The van der Waals surface area contributed by atoms with Gasteiger partial charge in [0.1, 0.15) is 0 Å². The average molecular weight is 304 g/mol. The molecule has 0 aliphatic heterocycles. The fourth-order valence-electron chi connectivity index (χ4n) is 2.06. The fourth-order valence-corrected chi connectivity index (χ4v) is 2.27. The molecule has 1 heterocycles. The quantitative estimate of drug-likeness (QED) is 0.902. The van der Waals surface area contributed by atoms with Crippen LogP contribution in [0.4, 0.5) is 10.5 Å². The minimum atomic E-state index is -0.236. The van der Waals surface area contributed by atoms with E-state index in [1.165, 1.54) is 0 Å². The van der Waals surface area contributed by atoms with E-state index in [1.54, 1.807) is 12.3 Å². The summed E-state index contributed by atoms with van der Waals surface area (Å²) in [5.74, 6) is 0. The number of hydrogen-bond donors (Lipinski definition) is 2. The van der Waals surface area contributed by atoms with Crippen LogP contribution in [0.1, 0.15) is 18.2 Å². The first-order chi connectivity index (χ1) is 10.0. The van der Waals surface area contributed by atoms with Gasteiger partial charge in [-0.2, -0.15) is 0 Å². The van der Waals surface area contributed by atoms with Crippen LogP contribution >= 0.6 is 11.6 Å². The van der Waals surface area contributed by atoms with Gasteiger partial charge in [-0.25, -0.2) is 4.79 Å². The molecule has 1 aromatic carbocycles. The Hall–Kier alpha value is -2.07. The van der Waals surface area contributed by atoms with Crippen LogP contribution in [0.25, 0.3) is 0 Å². The smallest absolute Gasteiger partial charge is 0.319 e. The van der Waals surface area contributed by atoms with E-state index in [4.69, 9.17) is 11.6 Å². The van der Waals surface area contributed by atoms with Gasteiger partial charge in [-0.05, 0) is 44.0 Å². The van der Waals surface area contributed by atoms with Crippen LogP contribution in [0.3, 0.4) is 0 Å². The molecular weight excluding hydrogens is 286 g/mol. The number of nitrogens with one attached hydrogen (secondary N) is 2. The fraction of sp³-hybridized carbons (Fsp3) is 0.250. The number of rotatable bonds is 4. The van der Waals surface area contributed by atoms with Crippen LogP contribution in [-0.2, 0) is 6.42 Å². The van der Waals surface area contributed by atoms with Crippen LogP contribution < -0.4 is 10.6 Å². The molecule has 0 fully saturated rings. The predicted octanol–water partition coefficient (Wildman–Crippen LogP) is 3.80. The van der Waals surface area contributed by atoms with Gasteiger partial charge in [-0.1, -0.05) is 29.8 Å². The molecule has 0 saturated carbocycles. The summed E-state index contributed by atoms with van der Waals surface area (Å²) in [4.78, 5) is 16.0. The van der Waals surface area contributed by atoms with Crippen LogP contribution in [0, 0.1) is 6.92 Å². The van der Waals surface area contributed by atoms with E-state index in [0.717, 1.165) is 22.0 Å². The molecule has 0 aliphatic rings. The normalized spacial score (nSPS) is 11.8. The Kier molecular flexibility index (Phi) is 5.17. The summed E-state index contributed by atoms with van der Waals surface area (Å²) in [6.45, 7) is 3.82. The van der Waals surface area contributed by atoms with Gasteiger partial charge in [0.25, 0.3) is 0 Å². The highest BCUT2D eigenvalue weighted by Crippen LogP contribution is 2.16. The first-order valence-corrected chi connectivity index (χ1v) is 7.16. The number of carbonyl (C=O) groups is 1. The summed E-state index contributed by atoms with van der Waals surface area (Å²) >= 11 is 6.12. The lowest BCUT2D eigenvalue weighted by Gasteiger charge is -2.15. The molecule has 1 atom stereocenters. The van der Waals surface area contributed by atoms with Gasteiger partial charge < -0.3 is 10.6 Å². The van der Waals surface area contributed by atoms with Gasteiger partial charge >= 0.3 is 6.03 Å². The second-order valence-electron chi connectivity index (χ2n) is 4.98. The zero-order chi connectivity index (χ0) is 15.2. The van der Waals surface area contributed by atoms with Gasteiger partial charge in [-0.15, -0.1) is 0 Å². The molecule has 0 aliphatic carbocycles. The molecule has 2 aromatic rings. The van der Waals surface area contributed by atoms with Gasteiger partial charge in [0.2, 0.25) is 0 Å². The summed E-state index contributed by atoms with van der Waals surface area (Å²) in [5, 5.41) is 6.40. The summed E-state index contributed by atoms with van der Waals surface area (Å²) in [6.07, 6.45) is 2.35. The lowest BCUT2D eigenvalue weighted by atomic mass is 10.1. The van der Waals surface area contributed by atoms with Crippen LogP contribution in [0.15, 0.2) is 42.6 Å². The Balaban J connectivity index is 1.89. The number of aromatic nitrogens is 1. The summed E-state index contributed by atoms with van der Waals surface area (Å²) < 4.78 is 0. The minimum Gasteiger partial charge on any atom is -0.335 e. The Labute approximate surface area is 129 Å². The third-order valence-corrected chi connectivity index (χ3v) is 3.38. The molecule has 110 valence electrons. The second-order valence-corrected chi connectivity index (χ2v) is 5.39. The molecule has 0 saturated heterocycles. The van der Waals surface area contributed by atoms with Crippen molar-refractivity contribution in [2.75, 3.05) is 5.32 Å². The molecule has 5 heteroatoms. The lowest BCUT2D eigenvalue weighted by molar-refractivity contribution is 0.249. The minimum absolute atomic E-state index is 0.0205. The van der Waals surface area contributed by atoms with E-state index in [9.17, 15) is 4.79 Å². The molecule has 2 N–H and O–H groups in total. The maximum atomic E-state index is 11.9. The van der Waals surface area contributed by atoms with Crippen molar-refractivity contribution in [1.29, 1.82) is 0 Å². The average Bonchev–Trinajstić information content (AvgIpc) is 2.41. The molecule has 0 bridgehead atoms. The zero-order valence-corrected chi connectivity index (χ0v) is 12.8. The van der Waals surface area contributed by atoms with E-state index in [2.05, 4.69) is 15.6 Å². The van der Waals surface area contributed by atoms with E-state index >= 15 is 0 Å². The highest BCUT2D eigenvalue weighted by atomic mass is 35.5. The van der Waals surface area contributed by atoms with Crippen LogP contribution in [-0.4, -0.2) is 17.1 Å². The molecule has 1 aromatic heterocycles. The number of anilines is 1. The third-order valence-electron chi connectivity index (χ3n) is 3.02. The number of urea groups is 1. The largest absolute Gasteiger partial charge is 0.335 e. The Morgan fingerprint density at radius 3 is 2.81 bits per heavy atom. The number of pyridine rings is 1. The monoisotopic (exact) mass is 303 g/mol. The molecule has 2 amide bonds. The number of nitrogens with zero attached hydrogens (tertiary/aromatic N) is 1. The van der Waals surface area contributed by atoms with E-state index in [1.807, 2.05) is 44.2 Å². The third kappa shape index (κ3) is 4.76. The number of hydrogen-bond acceptors (Lipinski definition) is 2. The molecule has 21 heavy (non-hydrogen) atoms. The number of aryl methyl sites for hydroxylation is 1. The highest BCUT2D eigenvalue weighted by Gasteiger charge is 2.10. The topological polar surface area (TPSA) is 54.0 Å². The van der Waals surface area contributed by atoms with Gasteiger partial charge in [0.05, 0.1) is 0 Å². The van der Waals surface area contributed by atoms with Crippen molar-refractivity contribution in [2.45, 2.75) is 26.3 Å². The molecule has 1 unspecified atom stereocenters. The zero-order valence-electron chi connectivity index (χ0n) is 12.1. The van der Waals surface area contributed by atoms with Gasteiger partial charge in [0.15, 0.2) is 0 Å². The molecule has 2 rings (SSSR count). The van der Waals surface area contributed by atoms with Crippen molar-refractivity contribution in [3.63, 3.8) is 0 Å². The van der Waals surface area contributed by atoms with Crippen LogP contribution in [0.2, 0.25) is 5.02 Å². The van der Waals surface area contributed by atoms with E-state index in [-0.39, 0.29) is 12.1 Å². The maximum absolute atomic E-state index is 11.9. The van der Waals surface area contributed by atoms with Crippen LogP contribution in [0.5, 0.6) is 0 Å². The number of carbonyl (C=O) groups excluding carboxylic acids is 1. The molecule has 0 spiro atoms. The molecule has 0 radical (unpaired) electrons. The second kappa shape index (κ2) is 7.09. The van der Waals surface area contributed by atoms with Gasteiger partial charge in [-0.3, -0.25) is 4.98 Å². The molecular formula is C16H18ClN3O. The Morgan fingerprint density at radius 1 is 1.33 bits per heavy atom. The predicted molar refractivity (Wildman–Crippen MR) is 85.7 cm³/mol. The lowest BCUT2D eigenvalue weighted by Crippen LogP contribution is -2.37. The number of halogens is 1. The van der Waals surface area contributed by atoms with Crippen molar-refractivity contribution in [3.05, 3.63) is 58.9 Å². The summed E-state index contributed by atoms with van der Waals surface area (Å²) in [5.41, 5.74) is 2.61. The maximum Gasteiger partial charge on any atom is 0.319 e. The first kappa shape index (κ1) is 15.3. The van der Waals surface area contributed by atoms with Crippen molar-refractivity contribution in [3.8, 4) is 0 Å². The highest BCUT2D eigenvalue weighted by molar-refractivity contribution is 6.31. The van der Waals surface area contributed by atoms with Crippen molar-refractivity contribution in [2.24, 2.45) is 0 Å². The van der Waals surface area contributed by atoms with E-state index < -0.39 is 0 Å². The number of benzene rings is 1. The summed E-state index contributed by atoms with van der Waals surface area (Å²) in [6, 6.07) is 11.0. The SMILES string of the molecule is Cc1cc(NC(=O)NC(C)Cc2ccccc2Cl)ccn1. The number of amides is 2. The van der Waals surface area contributed by atoms with Crippen molar-refractivity contribution < 1.29 is 4.79 Å². The summed E-state index contributed by atoms with van der Waals surface area (Å²) in [7, 11) is 0. The standard InChI is InChI=1S/C16H18ClN3O/c1-11-10-14(7-8-18-11)20-16(21)19-12(2)9-13-5-3-4-6-15(13)17/h3-8,10,12H,9H2,1-2H3,(H2,18,19,20,21). The molecule has 4 nitrogen and oxygen atoms in total. The van der Waals surface area contributed by atoms with E-state index in [0.29, 0.717) is 6.42 Å². The Morgan fingerprint density at radius 2 is 2.10 bits per heavy atom. The van der Waals surface area contributed by atoms with Crippen molar-refractivity contribution >= 4 is 23.3 Å². The first-order valence-electron chi connectivity index (χ1n) is 6.78.